The second-order valence-corrected chi connectivity index (χ2v) is 6.60. The molecule has 0 spiro atoms. The number of hydrogen-bond donors (Lipinski definition) is 0. The van der Waals surface area contributed by atoms with Crippen molar-refractivity contribution in [3.63, 3.8) is 0 Å². The predicted octanol–water partition coefficient (Wildman–Crippen LogP) is 6.28. The van der Waals surface area contributed by atoms with Gasteiger partial charge in [0.15, 0.2) is 0 Å². The summed E-state index contributed by atoms with van der Waals surface area (Å²) >= 11 is 0. The molecule has 0 aliphatic rings. The summed E-state index contributed by atoms with van der Waals surface area (Å²) in [6.45, 7) is 3.05. The van der Waals surface area contributed by atoms with E-state index in [2.05, 4.69) is 40.7 Å². The number of imidazole rings is 1. The van der Waals surface area contributed by atoms with E-state index in [1.54, 1.807) is 0 Å². The minimum atomic E-state index is 0.797. The maximum absolute atomic E-state index is 5.87. The Kier molecular flexibility index (Phi) is 6.88. The van der Waals surface area contributed by atoms with E-state index in [0.717, 1.165) is 35.9 Å². The Labute approximate surface area is 156 Å². The van der Waals surface area contributed by atoms with Gasteiger partial charge < -0.3 is 4.74 Å². The van der Waals surface area contributed by atoms with Crippen LogP contribution in [0.15, 0.2) is 67.0 Å². The zero-order valence-electron chi connectivity index (χ0n) is 15.6. The van der Waals surface area contributed by atoms with Gasteiger partial charge in [0.05, 0.1) is 6.61 Å². The molecule has 3 aromatic rings. The highest BCUT2D eigenvalue weighted by Crippen LogP contribution is 2.23. The fourth-order valence-electron chi connectivity index (χ4n) is 3.09. The first-order chi connectivity index (χ1) is 12.9. The molecule has 1 heterocycles. The number of aromatic nitrogens is 2. The Morgan fingerprint density at radius 3 is 2.35 bits per heavy atom. The molecule has 3 nitrogen and oxygen atoms in total. The maximum Gasteiger partial charge on any atom is 0.144 e. The van der Waals surface area contributed by atoms with Gasteiger partial charge >= 0.3 is 0 Å². The van der Waals surface area contributed by atoms with Crippen LogP contribution in [-0.2, 0) is 0 Å². The van der Waals surface area contributed by atoms with Gasteiger partial charge in [-0.1, -0.05) is 69.4 Å². The van der Waals surface area contributed by atoms with E-state index < -0.39 is 0 Å². The summed E-state index contributed by atoms with van der Waals surface area (Å²) in [6, 6.07) is 18.5. The highest BCUT2D eigenvalue weighted by atomic mass is 16.5. The van der Waals surface area contributed by atoms with E-state index in [-0.39, 0.29) is 0 Å². The first kappa shape index (κ1) is 18.2. The summed E-state index contributed by atoms with van der Waals surface area (Å²) in [5, 5.41) is 0. The highest BCUT2D eigenvalue weighted by molar-refractivity contribution is 5.58. The largest absolute Gasteiger partial charge is 0.494 e. The Balaban J connectivity index is 1.55. The standard InChI is InChI=1S/C23H28N2O/c1-2-3-4-5-6-10-19-26-22-15-13-21(14-16-22)25-18-17-24-23(25)20-11-8-7-9-12-20/h7-9,11-18H,2-6,10,19H2,1H3. The molecule has 0 saturated carbocycles. The van der Waals surface area contributed by atoms with Crippen LogP contribution in [0.5, 0.6) is 5.75 Å². The smallest absolute Gasteiger partial charge is 0.144 e. The molecule has 0 N–H and O–H groups in total. The minimum absolute atomic E-state index is 0.797. The first-order valence-electron chi connectivity index (χ1n) is 9.70. The number of benzene rings is 2. The molecule has 3 rings (SSSR count). The predicted molar refractivity (Wildman–Crippen MR) is 108 cm³/mol. The van der Waals surface area contributed by atoms with Crippen LogP contribution in [0, 0.1) is 0 Å². The highest BCUT2D eigenvalue weighted by Gasteiger charge is 2.07. The van der Waals surface area contributed by atoms with Crippen molar-refractivity contribution in [3.8, 4) is 22.8 Å². The van der Waals surface area contributed by atoms with E-state index in [1.165, 1.54) is 32.1 Å². The monoisotopic (exact) mass is 348 g/mol. The minimum Gasteiger partial charge on any atom is -0.494 e. The van der Waals surface area contributed by atoms with Crippen LogP contribution in [-0.4, -0.2) is 16.2 Å². The Morgan fingerprint density at radius 2 is 1.58 bits per heavy atom. The van der Waals surface area contributed by atoms with E-state index in [0.29, 0.717) is 0 Å². The van der Waals surface area contributed by atoms with Crippen molar-refractivity contribution >= 4 is 0 Å². The second-order valence-electron chi connectivity index (χ2n) is 6.60. The van der Waals surface area contributed by atoms with Crippen LogP contribution < -0.4 is 4.74 Å². The van der Waals surface area contributed by atoms with Gasteiger partial charge in [0, 0.05) is 23.6 Å². The number of rotatable bonds is 10. The lowest BCUT2D eigenvalue weighted by atomic mass is 10.1. The lowest BCUT2D eigenvalue weighted by Crippen LogP contribution is -1.99. The molecule has 0 fully saturated rings. The van der Waals surface area contributed by atoms with Crippen molar-refractivity contribution in [1.82, 2.24) is 9.55 Å². The quantitative estimate of drug-likeness (QED) is 0.403. The fourth-order valence-corrected chi connectivity index (χ4v) is 3.09. The maximum atomic E-state index is 5.87. The number of unbranched alkanes of at least 4 members (excludes halogenated alkanes) is 5. The van der Waals surface area contributed by atoms with Crippen molar-refractivity contribution in [2.24, 2.45) is 0 Å². The van der Waals surface area contributed by atoms with Crippen LogP contribution >= 0.6 is 0 Å². The average molecular weight is 348 g/mol. The summed E-state index contributed by atoms with van der Waals surface area (Å²) in [5.41, 5.74) is 2.20. The van der Waals surface area contributed by atoms with Gasteiger partial charge in [-0.2, -0.15) is 0 Å². The molecule has 136 valence electrons. The van der Waals surface area contributed by atoms with Crippen LogP contribution in [0.3, 0.4) is 0 Å². The number of ether oxygens (including phenoxy) is 1. The van der Waals surface area contributed by atoms with Crippen molar-refractivity contribution in [2.75, 3.05) is 6.61 Å². The van der Waals surface area contributed by atoms with Crippen molar-refractivity contribution in [1.29, 1.82) is 0 Å². The molecule has 0 unspecified atom stereocenters. The molecular weight excluding hydrogens is 320 g/mol. The summed E-state index contributed by atoms with van der Waals surface area (Å²) in [4.78, 5) is 4.51. The van der Waals surface area contributed by atoms with Crippen LogP contribution in [0.1, 0.15) is 45.4 Å². The third-order valence-electron chi connectivity index (χ3n) is 4.55. The third-order valence-corrected chi connectivity index (χ3v) is 4.55. The fraction of sp³-hybridized carbons (Fsp3) is 0.348. The topological polar surface area (TPSA) is 27.1 Å². The molecule has 1 aromatic heterocycles. The van der Waals surface area contributed by atoms with E-state index >= 15 is 0 Å². The van der Waals surface area contributed by atoms with Gasteiger partial charge in [0.25, 0.3) is 0 Å². The van der Waals surface area contributed by atoms with Crippen LogP contribution in [0.25, 0.3) is 17.1 Å². The molecule has 2 aromatic carbocycles. The Morgan fingerprint density at radius 1 is 0.846 bits per heavy atom. The lowest BCUT2D eigenvalue weighted by Gasteiger charge is -2.10. The first-order valence-corrected chi connectivity index (χ1v) is 9.70. The van der Waals surface area contributed by atoms with Gasteiger partial charge in [0.2, 0.25) is 0 Å². The Hall–Kier alpha value is -2.55. The van der Waals surface area contributed by atoms with Crippen molar-refractivity contribution in [2.45, 2.75) is 45.4 Å². The Bertz CT molecular complexity index is 762. The van der Waals surface area contributed by atoms with Crippen molar-refractivity contribution < 1.29 is 4.74 Å². The molecule has 0 bridgehead atoms. The van der Waals surface area contributed by atoms with E-state index in [1.807, 2.05) is 42.7 Å². The zero-order chi connectivity index (χ0) is 18.0. The van der Waals surface area contributed by atoms with Crippen LogP contribution in [0.2, 0.25) is 0 Å². The van der Waals surface area contributed by atoms with Gasteiger partial charge in [-0.05, 0) is 30.7 Å². The van der Waals surface area contributed by atoms with E-state index in [4.69, 9.17) is 4.74 Å². The molecular formula is C23H28N2O. The second kappa shape index (κ2) is 9.81. The third kappa shape index (κ3) is 4.98. The molecule has 26 heavy (non-hydrogen) atoms. The summed E-state index contributed by atoms with van der Waals surface area (Å²) in [6.07, 6.45) is 11.5. The zero-order valence-corrected chi connectivity index (χ0v) is 15.6. The average Bonchev–Trinajstić information content (AvgIpc) is 3.18. The molecule has 0 saturated heterocycles. The summed E-state index contributed by atoms with van der Waals surface area (Å²) < 4.78 is 7.98. The summed E-state index contributed by atoms with van der Waals surface area (Å²) in [5.74, 6) is 1.88. The molecule has 0 aliphatic heterocycles. The summed E-state index contributed by atoms with van der Waals surface area (Å²) in [7, 11) is 0. The van der Waals surface area contributed by atoms with Gasteiger partial charge in [-0.15, -0.1) is 0 Å². The van der Waals surface area contributed by atoms with Crippen LogP contribution in [0.4, 0.5) is 0 Å². The van der Waals surface area contributed by atoms with Gasteiger partial charge in [-0.3, -0.25) is 4.57 Å². The number of nitrogens with zero attached hydrogens (tertiary/aromatic N) is 2. The van der Waals surface area contributed by atoms with Crippen molar-refractivity contribution in [3.05, 3.63) is 67.0 Å². The SMILES string of the molecule is CCCCCCCCOc1ccc(-n2ccnc2-c2ccccc2)cc1. The van der Waals surface area contributed by atoms with Gasteiger partial charge in [0.1, 0.15) is 11.6 Å². The number of hydrogen-bond acceptors (Lipinski definition) is 2. The molecule has 3 heteroatoms. The molecule has 0 amide bonds. The molecule has 0 atom stereocenters. The molecule has 0 radical (unpaired) electrons. The van der Waals surface area contributed by atoms with Gasteiger partial charge in [-0.25, -0.2) is 4.98 Å². The molecule has 0 aliphatic carbocycles. The lowest BCUT2D eigenvalue weighted by molar-refractivity contribution is 0.304. The van der Waals surface area contributed by atoms with E-state index in [9.17, 15) is 0 Å². The normalized spacial score (nSPS) is 10.8.